The normalized spacial score (nSPS) is 12.2. The summed E-state index contributed by atoms with van der Waals surface area (Å²) < 4.78 is 34.2. The van der Waals surface area contributed by atoms with Gasteiger partial charge in [-0.3, -0.25) is 14.2 Å². The van der Waals surface area contributed by atoms with E-state index >= 15 is 0 Å². The second-order valence-corrected chi connectivity index (χ2v) is 6.86. The summed E-state index contributed by atoms with van der Waals surface area (Å²) in [5.74, 6) is -3.89. The van der Waals surface area contributed by atoms with Crippen LogP contribution in [0.1, 0.15) is 47.8 Å². The topological polar surface area (TPSA) is 68.5 Å². The van der Waals surface area contributed by atoms with Crippen LogP contribution in [-0.4, -0.2) is 28.2 Å². The van der Waals surface area contributed by atoms with Crippen molar-refractivity contribution in [2.45, 2.75) is 33.1 Å². The minimum atomic E-state index is -0.906. The Hall–Kier alpha value is -3.22. The molecule has 1 N–H and O–H groups in total. The highest BCUT2D eigenvalue weighted by Gasteiger charge is 2.28. The summed E-state index contributed by atoms with van der Waals surface area (Å²) in [6.07, 6.45) is 0.656. The first-order chi connectivity index (χ1) is 13.8. The van der Waals surface area contributed by atoms with Gasteiger partial charge in [-0.25, -0.2) is 8.78 Å². The van der Waals surface area contributed by atoms with Gasteiger partial charge in [-0.2, -0.15) is 0 Å². The number of esters is 1. The van der Waals surface area contributed by atoms with Crippen molar-refractivity contribution in [2.24, 2.45) is 0 Å². The molecule has 0 amide bonds. The van der Waals surface area contributed by atoms with Gasteiger partial charge >= 0.3 is 5.97 Å². The van der Waals surface area contributed by atoms with Crippen LogP contribution in [0.4, 0.5) is 8.78 Å². The number of ether oxygens (including phenoxy) is 1. The number of aromatic nitrogens is 1. The van der Waals surface area contributed by atoms with Crippen LogP contribution in [0.3, 0.4) is 0 Å². The lowest BCUT2D eigenvalue weighted by Crippen LogP contribution is -2.17. The van der Waals surface area contributed by atoms with Crippen LogP contribution in [0.2, 0.25) is 0 Å². The van der Waals surface area contributed by atoms with Crippen LogP contribution in [-0.2, 0) is 9.53 Å². The first-order valence-corrected chi connectivity index (χ1v) is 9.26. The summed E-state index contributed by atoms with van der Waals surface area (Å²) in [4.78, 5) is 25.5. The monoisotopic (exact) mass is 401 g/mol. The largest absolute Gasteiger partial charge is 0.505 e. The zero-order chi connectivity index (χ0) is 21.3. The lowest BCUT2D eigenvalue weighted by atomic mass is 9.98. The molecule has 0 fully saturated rings. The zero-order valence-electron chi connectivity index (χ0n) is 16.3. The number of benzene rings is 2. The molecule has 0 bridgehead atoms. The molecule has 5 nitrogen and oxygen atoms in total. The van der Waals surface area contributed by atoms with Crippen LogP contribution in [0.25, 0.3) is 10.9 Å². The summed E-state index contributed by atoms with van der Waals surface area (Å²) in [6, 6.07) is 7.37. The third-order valence-corrected chi connectivity index (χ3v) is 4.83. The number of fused-ring (bicyclic) bond motifs is 1. The molecule has 7 heteroatoms. The van der Waals surface area contributed by atoms with Crippen molar-refractivity contribution in [3.63, 3.8) is 0 Å². The van der Waals surface area contributed by atoms with E-state index in [1.165, 1.54) is 28.8 Å². The lowest BCUT2D eigenvalue weighted by molar-refractivity contribution is -0.145. The molecule has 1 aromatic heterocycles. The predicted octanol–water partition coefficient (Wildman–Crippen LogP) is 4.68. The van der Waals surface area contributed by atoms with Gasteiger partial charge in [0.05, 0.1) is 18.0 Å². The molecule has 1 heterocycles. The second-order valence-electron chi connectivity index (χ2n) is 6.86. The third-order valence-electron chi connectivity index (χ3n) is 4.83. The van der Waals surface area contributed by atoms with Crippen LogP contribution in [0.5, 0.6) is 5.75 Å². The number of hydrogen-bond acceptors (Lipinski definition) is 4. The molecule has 3 aromatic rings. The van der Waals surface area contributed by atoms with E-state index < -0.39 is 35.2 Å². The molecule has 3 rings (SSSR count). The first kappa shape index (κ1) is 20.5. The maximum Gasteiger partial charge on any atom is 0.313 e. The summed E-state index contributed by atoms with van der Waals surface area (Å²) in [5, 5.41) is 10.2. The lowest BCUT2D eigenvalue weighted by Gasteiger charge is -2.13. The van der Waals surface area contributed by atoms with E-state index in [0.717, 1.165) is 12.1 Å². The Morgan fingerprint density at radius 3 is 2.59 bits per heavy atom. The quantitative estimate of drug-likeness (QED) is 0.631. The molecule has 0 saturated carbocycles. The average Bonchev–Trinajstić information content (AvgIpc) is 2.96. The summed E-state index contributed by atoms with van der Waals surface area (Å²) in [6.45, 7) is 5.36. The van der Waals surface area contributed by atoms with E-state index in [1.54, 1.807) is 13.8 Å². The maximum atomic E-state index is 14.1. The van der Waals surface area contributed by atoms with Crippen molar-refractivity contribution in [1.82, 2.24) is 4.57 Å². The van der Waals surface area contributed by atoms with Crippen molar-refractivity contribution in [2.75, 3.05) is 6.61 Å². The molecule has 1 atom stereocenters. The van der Waals surface area contributed by atoms with E-state index in [2.05, 4.69) is 0 Å². The molecule has 0 aliphatic rings. The number of halogens is 2. The Kier molecular flexibility index (Phi) is 5.68. The van der Waals surface area contributed by atoms with E-state index in [9.17, 15) is 23.5 Å². The number of aromatic hydroxyl groups is 1. The molecular weight excluding hydrogens is 380 g/mol. The fourth-order valence-electron chi connectivity index (χ4n) is 3.45. The molecule has 0 radical (unpaired) electrons. The van der Waals surface area contributed by atoms with Gasteiger partial charge in [0, 0.05) is 22.7 Å². The van der Waals surface area contributed by atoms with E-state index in [1.807, 2.05) is 6.92 Å². The van der Waals surface area contributed by atoms with Gasteiger partial charge in [-0.05, 0) is 50.1 Å². The van der Waals surface area contributed by atoms with Gasteiger partial charge in [0.15, 0.2) is 11.6 Å². The van der Waals surface area contributed by atoms with Crippen LogP contribution < -0.4 is 0 Å². The van der Waals surface area contributed by atoms with Crippen LogP contribution in [0.15, 0.2) is 36.4 Å². The van der Waals surface area contributed by atoms with Crippen molar-refractivity contribution in [3.05, 3.63) is 64.9 Å². The van der Waals surface area contributed by atoms with Crippen LogP contribution in [0, 0.1) is 18.6 Å². The molecule has 0 aliphatic heterocycles. The van der Waals surface area contributed by atoms with Gasteiger partial charge in [0.2, 0.25) is 0 Å². The van der Waals surface area contributed by atoms with E-state index in [4.69, 9.17) is 4.74 Å². The number of nitrogens with zero attached hydrogens (tertiary/aromatic N) is 1. The standard InChI is InChI=1S/C22H21F2NO4/c1-4-8-29-22(28)12(2)20-13(3)25(18-11-17(24)19(26)10-16(18)20)21(27)14-6-5-7-15(23)9-14/h5-7,9-12,26H,4,8H2,1-3H3. The van der Waals surface area contributed by atoms with E-state index in [-0.39, 0.29) is 17.7 Å². The van der Waals surface area contributed by atoms with Crippen molar-refractivity contribution >= 4 is 22.8 Å². The number of carbonyl (C=O) groups is 2. The minimum Gasteiger partial charge on any atom is -0.505 e. The predicted molar refractivity (Wildman–Crippen MR) is 104 cm³/mol. The molecular formula is C22H21F2NO4. The van der Waals surface area contributed by atoms with Gasteiger partial charge in [-0.1, -0.05) is 13.0 Å². The smallest absolute Gasteiger partial charge is 0.313 e. The maximum absolute atomic E-state index is 14.1. The molecule has 0 aliphatic carbocycles. The highest BCUT2D eigenvalue weighted by molar-refractivity contribution is 6.05. The van der Waals surface area contributed by atoms with Crippen molar-refractivity contribution < 1.29 is 28.2 Å². The average molecular weight is 401 g/mol. The molecule has 2 aromatic carbocycles. The summed E-state index contributed by atoms with van der Waals surface area (Å²) in [7, 11) is 0. The Morgan fingerprint density at radius 2 is 1.93 bits per heavy atom. The number of phenolic OH excluding ortho intramolecular Hbond substituents is 1. The summed E-state index contributed by atoms with van der Waals surface area (Å²) >= 11 is 0. The second kappa shape index (κ2) is 8.03. The SMILES string of the molecule is CCCOC(=O)C(C)c1c(C)n(C(=O)c2cccc(F)c2)c2cc(F)c(O)cc12. The molecule has 0 spiro atoms. The fraction of sp³-hybridized carbons (Fsp3) is 0.273. The highest BCUT2D eigenvalue weighted by Crippen LogP contribution is 2.36. The fourth-order valence-corrected chi connectivity index (χ4v) is 3.45. The third kappa shape index (κ3) is 3.72. The Labute approximate surface area is 166 Å². The number of hydrogen-bond donors (Lipinski definition) is 1. The highest BCUT2D eigenvalue weighted by atomic mass is 19.1. The Balaban J connectivity index is 2.23. The molecule has 29 heavy (non-hydrogen) atoms. The zero-order valence-corrected chi connectivity index (χ0v) is 16.3. The van der Waals surface area contributed by atoms with Gasteiger partial charge in [-0.15, -0.1) is 0 Å². The number of carbonyl (C=O) groups excluding carboxylic acids is 2. The number of rotatable bonds is 5. The van der Waals surface area contributed by atoms with Gasteiger partial charge < -0.3 is 9.84 Å². The Bertz CT molecular complexity index is 1100. The molecule has 152 valence electrons. The van der Waals surface area contributed by atoms with Gasteiger partial charge in [0.1, 0.15) is 5.82 Å². The minimum absolute atomic E-state index is 0.0752. The number of phenols is 1. The molecule has 0 saturated heterocycles. The van der Waals surface area contributed by atoms with Crippen LogP contribution >= 0.6 is 0 Å². The van der Waals surface area contributed by atoms with Crippen molar-refractivity contribution in [1.29, 1.82) is 0 Å². The molecule has 1 unspecified atom stereocenters. The first-order valence-electron chi connectivity index (χ1n) is 9.26. The van der Waals surface area contributed by atoms with Crippen molar-refractivity contribution in [3.8, 4) is 5.75 Å². The summed E-state index contributed by atoms with van der Waals surface area (Å²) in [5.41, 5.74) is 1.09. The Morgan fingerprint density at radius 1 is 1.21 bits per heavy atom. The van der Waals surface area contributed by atoms with Gasteiger partial charge in [0.25, 0.3) is 5.91 Å². The van der Waals surface area contributed by atoms with E-state index in [0.29, 0.717) is 23.1 Å².